The van der Waals surface area contributed by atoms with Crippen molar-refractivity contribution in [2.75, 3.05) is 0 Å². The first kappa shape index (κ1) is 33.8. The van der Waals surface area contributed by atoms with Crippen LogP contribution in [0, 0.1) is 0 Å². The van der Waals surface area contributed by atoms with Crippen LogP contribution < -0.4 is 13.9 Å². The molecule has 284 valence electrons. The van der Waals surface area contributed by atoms with Crippen LogP contribution in [-0.2, 0) is 16.7 Å². The number of pyridine rings is 1. The molecule has 6 aromatic carbocycles. The predicted molar refractivity (Wildman–Crippen MR) is 235 cm³/mol. The van der Waals surface area contributed by atoms with Crippen molar-refractivity contribution in [3.63, 3.8) is 0 Å². The van der Waals surface area contributed by atoms with Crippen molar-refractivity contribution in [1.82, 2.24) is 4.57 Å². The van der Waals surface area contributed by atoms with Gasteiger partial charge in [-0.3, -0.25) is 0 Å². The third kappa shape index (κ3) is 4.75. The largest absolute Gasteiger partial charge is 0.499 e. The van der Waals surface area contributed by atoms with Crippen LogP contribution in [0.25, 0.3) is 72.7 Å². The molecule has 0 fully saturated rings. The Bertz CT molecular complexity index is 3060. The van der Waals surface area contributed by atoms with E-state index < -0.39 is 11.7 Å². The number of imidazole rings is 1. The molecule has 1 unspecified atom stereocenters. The molecule has 0 N–H and O–H groups in total. The summed E-state index contributed by atoms with van der Waals surface area (Å²) in [6.45, 7) is 17.7. The van der Waals surface area contributed by atoms with Crippen LogP contribution in [0.15, 0.2) is 146 Å². The van der Waals surface area contributed by atoms with Crippen molar-refractivity contribution in [2.45, 2.75) is 78.0 Å². The van der Waals surface area contributed by atoms with E-state index in [1.54, 1.807) is 0 Å². The van der Waals surface area contributed by atoms with E-state index in [0.29, 0.717) is 0 Å². The highest BCUT2D eigenvalue weighted by Gasteiger charge is 2.68. The number of aromatic nitrogens is 3. The van der Waals surface area contributed by atoms with Crippen LogP contribution in [-0.4, -0.2) is 4.57 Å². The number of ether oxygens (including phenoxy) is 1. The van der Waals surface area contributed by atoms with E-state index in [2.05, 4.69) is 201 Å². The molecule has 0 aliphatic carbocycles. The van der Waals surface area contributed by atoms with Crippen LogP contribution in [0.5, 0.6) is 5.75 Å². The topological polar surface area (TPSA) is 21.9 Å². The minimum Gasteiger partial charge on any atom is -0.392 e. The zero-order valence-electron chi connectivity index (χ0n) is 35.6. The van der Waals surface area contributed by atoms with Gasteiger partial charge in [-0.1, -0.05) is 134 Å². The highest BCUT2D eigenvalue weighted by Crippen LogP contribution is 2.54. The van der Waals surface area contributed by atoms with Crippen molar-refractivity contribution in [1.29, 1.82) is 0 Å². The SMILES string of the molecule is [2H]C(C)(C)c1ccc(-n2c3[n+]4c5c(cccc52)-c2cc(C(C)(C)C)cc5c2C4(Oc2ccccc2-3)[n+]2ccc(-c3ccccc3)cc2-5)c(-c2ccc(C(C)(C)C)cc2)c1. The minimum atomic E-state index is -1.04. The standard InChI is InChI=1S/C54H49N3O/c1-33(2)36-23-26-45(42(29-36)35-21-24-38(25-22-35)52(3,4)5)56-46-19-14-18-40-43-31-39(53(6,7)8)32-44-47-30-37(34-15-10-9-11-16-34)27-28-55(47)54(49(43)44)57(50(40)46)51(56)41-17-12-13-20-48(41)58-54/h9-33H,1-8H3/q+2/i33D. The fourth-order valence-corrected chi connectivity index (χ4v) is 9.69. The van der Waals surface area contributed by atoms with Gasteiger partial charge in [0.05, 0.1) is 5.56 Å². The second kappa shape index (κ2) is 11.9. The Balaban J connectivity index is 1.29. The van der Waals surface area contributed by atoms with Gasteiger partial charge in [0, 0.05) is 30.2 Å². The summed E-state index contributed by atoms with van der Waals surface area (Å²) in [5.74, 6) is 0.0794. The molecule has 1 spiro atoms. The second-order valence-electron chi connectivity index (χ2n) is 18.7. The lowest BCUT2D eigenvalue weighted by Gasteiger charge is -2.32. The van der Waals surface area contributed by atoms with Gasteiger partial charge in [-0.15, -0.1) is 9.13 Å². The first-order chi connectivity index (χ1) is 28.1. The smallest absolute Gasteiger partial charge is 0.392 e. The van der Waals surface area contributed by atoms with Crippen molar-refractivity contribution >= 4 is 11.0 Å². The van der Waals surface area contributed by atoms with Gasteiger partial charge in [0.1, 0.15) is 22.6 Å². The second-order valence-corrected chi connectivity index (χ2v) is 18.7. The maximum Gasteiger partial charge on any atom is 0.499 e. The van der Waals surface area contributed by atoms with Gasteiger partial charge in [0.15, 0.2) is 17.2 Å². The van der Waals surface area contributed by atoms with E-state index in [1.807, 2.05) is 13.8 Å². The van der Waals surface area contributed by atoms with Crippen LogP contribution in [0.1, 0.15) is 84.9 Å². The molecule has 0 bridgehead atoms. The van der Waals surface area contributed by atoms with E-state index >= 15 is 0 Å². The molecule has 0 saturated carbocycles. The molecule has 5 heterocycles. The zero-order valence-corrected chi connectivity index (χ0v) is 34.6. The summed E-state index contributed by atoms with van der Waals surface area (Å²) in [5.41, 5.74) is 18.3. The predicted octanol–water partition coefficient (Wildman–Crippen LogP) is 12.5. The molecule has 2 aromatic heterocycles. The van der Waals surface area contributed by atoms with Crippen molar-refractivity contribution < 1.29 is 15.2 Å². The van der Waals surface area contributed by atoms with Crippen LogP contribution in [0.2, 0.25) is 0 Å². The van der Waals surface area contributed by atoms with Gasteiger partial charge >= 0.3 is 11.7 Å². The Labute approximate surface area is 343 Å². The number of fused-ring (bicyclic) bond motifs is 5. The molecular weight excluding hydrogens is 707 g/mol. The summed E-state index contributed by atoms with van der Waals surface area (Å²) in [5, 5.41) is 0. The van der Waals surface area contributed by atoms with E-state index in [9.17, 15) is 0 Å². The van der Waals surface area contributed by atoms with Crippen molar-refractivity contribution in [3.8, 4) is 67.5 Å². The zero-order chi connectivity index (χ0) is 40.8. The summed E-state index contributed by atoms with van der Waals surface area (Å²) in [6.07, 6.45) is 2.24. The van der Waals surface area contributed by atoms with Crippen LogP contribution in [0.4, 0.5) is 0 Å². The van der Waals surface area contributed by atoms with Gasteiger partial charge in [0.2, 0.25) is 5.69 Å². The van der Waals surface area contributed by atoms with Gasteiger partial charge in [-0.05, 0) is 98.6 Å². The molecule has 1 atom stereocenters. The number of nitrogens with zero attached hydrogens (tertiary/aromatic N) is 3. The number of para-hydroxylation sites is 2. The number of rotatable bonds is 4. The monoisotopic (exact) mass is 756 g/mol. The molecule has 3 aliphatic heterocycles. The number of hydrogen-bond acceptors (Lipinski definition) is 1. The van der Waals surface area contributed by atoms with E-state index in [0.717, 1.165) is 56.2 Å². The van der Waals surface area contributed by atoms with Crippen molar-refractivity contribution in [3.05, 3.63) is 168 Å². The highest BCUT2D eigenvalue weighted by molar-refractivity contribution is 5.98. The summed E-state index contributed by atoms with van der Waals surface area (Å²) in [6, 6.07) is 51.1. The molecule has 0 saturated heterocycles. The average Bonchev–Trinajstić information content (AvgIpc) is 3.71. The fourth-order valence-electron chi connectivity index (χ4n) is 9.69. The van der Waals surface area contributed by atoms with Crippen LogP contribution in [0.3, 0.4) is 0 Å². The highest BCUT2D eigenvalue weighted by atomic mass is 16.5. The van der Waals surface area contributed by atoms with E-state index in [1.165, 1.54) is 44.5 Å². The lowest BCUT2D eigenvalue weighted by atomic mass is 9.80. The summed E-state index contributed by atoms with van der Waals surface area (Å²) in [7, 11) is 0. The lowest BCUT2D eigenvalue weighted by Crippen LogP contribution is -2.78. The number of hydrogen-bond donors (Lipinski definition) is 0. The van der Waals surface area contributed by atoms with E-state index in [-0.39, 0.29) is 10.8 Å². The molecule has 0 radical (unpaired) electrons. The minimum absolute atomic E-state index is 0.0280. The lowest BCUT2D eigenvalue weighted by molar-refractivity contribution is -0.997. The Kier molecular flexibility index (Phi) is 6.94. The average molecular weight is 757 g/mol. The van der Waals surface area contributed by atoms with Gasteiger partial charge in [-0.25, -0.2) is 0 Å². The molecule has 4 nitrogen and oxygen atoms in total. The Hall–Kier alpha value is -6.26. The van der Waals surface area contributed by atoms with Crippen LogP contribution >= 0.6 is 0 Å². The summed E-state index contributed by atoms with van der Waals surface area (Å²) in [4.78, 5) is 0. The molecule has 3 aliphatic rings. The first-order valence-electron chi connectivity index (χ1n) is 21.1. The maximum absolute atomic E-state index is 9.14. The fraction of sp³-hybridized carbons (Fsp3) is 0.222. The Morgan fingerprint density at radius 3 is 2.05 bits per heavy atom. The third-order valence-corrected chi connectivity index (χ3v) is 12.7. The molecule has 4 heteroatoms. The number of benzene rings is 6. The molecule has 11 rings (SSSR count). The Morgan fingerprint density at radius 2 is 1.31 bits per heavy atom. The van der Waals surface area contributed by atoms with Crippen molar-refractivity contribution in [2.24, 2.45) is 0 Å². The Morgan fingerprint density at radius 1 is 0.603 bits per heavy atom. The molecule has 58 heavy (non-hydrogen) atoms. The first-order valence-corrected chi connectivity index (χ1v) is 20.6. The quantitative estimate of drug-likeness (QED) is 0.164. The third-order valence-electron chi connectivity index (χ3n) is 12.7. The van der Waals surface area contributed by atoms with Gasteiger partial charge in [-0.2, -0.15) is 4.57 Å². The van der Waals surface area contributed by atoms with Gasteiger partial charge in [0.25, 0.3) is 0 Å². The molecule has 0 amide bonds. The maximum atomic E-state index is 9.14. The molecular formula is C54H49N3O+2. The molecule has 8 aromatic rings. The van der Waals surface area contributed by atoms with Gasteiger partial charge < -0.3 is 4.74 Å². The normalized spacial score (nSPS) is 16.4. The summed E-state index contributed by atoms with van der Waals surface area (Å²) < 4.78 is 24.1. The summed E-state index contributed by atoms with van der Waals surface area (Å²) >= 11 is 0. The van der Waals surface area contributed by atoms with E-state index in [4.69, 9.17) is 6.11 Å².